The second-order valence-corrected chi connectivity index (χ2v) is 5.77. The van der Waals surface area contributed by atoms with Crippen LogP contribution in [0, 0.1) is 0 Å². The Kier molecular flexibility index (Phi) is 9.38. The van der Waals surface area contributed by atoms with E-state index in [1.165, 1.54) is 0 Å². The third-order valence-electron chi connectivity index (χ3n) is 3.71. The van der Waals surface area contributed by atoms with Crippen LogP contribution in [0.2, 0.25) is 5.02 Å². The molecule has 0 unspecified atom stereocenters. The Hall–Kier alpha value is -1.06. The first kappa shape index (κ1) is 21.0. The number of nitrogens with zero attached hydrogens (tertiary/aromatic N) is 3. The van der Waals surface area contributed by atoms with Gasteiger partial charge in [0.15, 0.2) is 5.96 Å². The van der Waals surface area contributed by atoms with E-state index in [2.05, 4.69) is 10.3 Å². The van der Waals surface area contributed by atoms with E-state index in [-0.39, 0.29) is 29.9 Å². The Morgan fingerprint density at radius 2 is 2.04 bits per heavy atom. The number of guanidine groups is 1. The lowest BCUT2D eigenvalue weighted by Crippen LogP contribution is -2.55. The molecule has 0 saturated carbocycles. The molecule has 6 nitrogen and oxygen atoms in total. The number of amides is 1. The van der Waals surface area contributed by atoms with Gasteiger partial charge < -0.3 is 19.9 Å². The molecule has 24 heavy (non-hydrogen) atoms. The lowest BCUT2D eigenvalue weighted by Gasteiger charge is -2.36. The summed E-state index contributed by atoms with van der Waals surface area (Å²) in [5.41, 5.74) is 1.08. The van der Waals surface area contributed by atoms with E-state index in [0.29, 0.717) is 37.8 Å². The highest BCUT2D eigenvalue weighted by molar-refractivity contribution is 14.0. The van der Waals surface area contributed by atoms with Crippen molar-refractivity contribution in [2.75, 3.05) is 46.9 Å². The molecule has 1 saturated heterocycles. The molecule has 8 heteroatoms. The number of aliphatic imine (C=N–C) groups is 1. The van der Waals surface area contributed by atoms with Gasteiger partial charge >= 0.3 is 0 Å². The lowest BCUT2D eigenvalue weighted by molar-refractivity contribution is -0.135. The fourth-order valence-corrected chi connectivity index (χ4v) is 2.59. The first-order chi connectivity index (χ1) is 11.1. The van der Waals surface area contributed by atoms with Crippen LogP contribution >= 0.6 is 35.6 Å². The summed E-state index contributed by atoms with van der Waals surface area (Å²) in [4.78, 5) is 20.4. The Morgan fingerprint density at radius 3 is 2.62 bits per heavy atom. The van der Waals surface area contributed by atoms with Gasteiger partial charge in [-0.2, -0.15) is 0 Å². The van der Waals surface area contributed by atoms with Crippen LogP contribution in [-0.2, 0) is 16.1 Å². The Morgan fingerprint density at radius 1 is 1.33 bits per heavy atom. The standard InChI is InChI=1S/C16H23ClN4O2.HI/c1-18-16(19-7-10-23-2)21-9-8-20(15(22)12-21)11-13-3-5-14(17)6-4-13;/h3-6H,7-12H2,1-2H3,(H,18,19);1H. The van der Waals surface area contributed by atoms with Crippen molar-refractivity contribution in [2.24, 2.45) is 4.99 Å². The van der Waals surface area contributed by atoms with E-state index in [4.69, 9.17) is 16.3 Å². The fourth-order valence-electron chi connectivity index (χ4n) is 2.46. The average Bonchev–Trinajstić information content (AvgIpc) is 2.56. The van der Waals surface area contributed by atoms with Crippen molar-refractivity contribution in [3.05, 3.63) is 34.9 Å². The molecule has 1 aromatic rings. The molecule has 0 aromatic heterocycles. The summed E-state index contributed by atoms with van der Waals surface area (Å²) in [7, 11) is 3.38. The summed E-state index contributed by atoms with van der Waals surface area (Å²) in [6, 6.07) is 7.60. The molecule has 0 atom stereocenters. The van der Waals surface area contributed by atoms with Crippen molar-refractivity contribution < 1.29 is 9.53 Å². The molecule has 0 spiro atoms. The van der Waals surface area contributed by atoms with E-state index in [9.17, 15) is 4.79 Å². The molecular weight excluding hydrogens is 443 g/mol. The monoisotopic (exact) mass is 466 g/mol. The highest BCUT2D eigenvalue weighted by atomic mass is 127. The zero-order valence-electron chi connectivity index (χ0n) is 14.0. The van der Waals surface area contributed by atoms with Crippen molar-refractivity contribution in [3.63, 3.8) is 0 Å². The zero-order valence-corrected chi connectivity index (χ0v) is 17.1. The predicted octanol–water partition coefficient (Wildman–Crippen LogP) is 1.82. The largest absolute Gasteiger partial charge is 0.383 e. The van der Waals surface area contributed by atoms with Crippen LogP contribution in [0.3, 0.4) is 0 Å². The first-order valence-corrected chi connectivity index (χ1v) is 7.98. The molecule has 2 rings (SSSR count). The molecule has 134 valence electrons. The molecular formula is C16H24ClIN4O2. The maximum absolute atomic E-state index is 12.4. The minimum absolute atomic E-state index is 0. The molecule has 1 aliphatic rings. The van der Waals surface area contributed by atoms with Gasteiger partial charge in [0.1, 0.15) is 0 Å². The van der Waals surface area contributed by atoms with Gasteiger partial charge in [-0.25, -0.2) is 0 Å². The van der Waals surface area contributed by atoms with E-state index < -0.39 is 0 Å². The molecule has 1 amide bonds. The molecule has 1 heterocycles. The van der Waals surface area contributed by atoms with Crippen LogP contribution in [-0.4, -0.2) is 68.6 Å². The van der Waals surface area contributed by atoms with Gasteiger partial charge in [-0.3, -0.25) is 9.79 Å². The van der Waals surface area contributed by atoms with Gasteiger partial charge in [0.25, 0.3) is 0 Å². The number of benzene rings is 1. The van der Waals surface area contributed by atoms with Gasteiger partial charge in [0, 0.05) is 45.4 Å². The quantitative estimate of drug-likeness (QED) is 0.311. The van der Waals surface area contributed by atoms with Crippen molar-refractivity contribution in [3.8, 4) is 0 Å². The number of methoxy groups -OCH3 is 1. The smallest absolute Gasteiger partial charge is 0.242 e. The van der Waals surface area contributed by atoms with Crippen molar-refractivity contribution in [2.45, 2.75) is 6.54 Å². The van der Waals surface area contributed by atoms with Crippen molar-refractivity contribution in [1.82, 2.24) is 15.1 Å². The number of halogens is 2. The summed E-state index contributed by atoms with van der Waals surface area (Å²) in [5, 5.41) is 3.90. The van der Waals surface area contributed by atoms with Crippen molar-refractivity contribution in [1.29, 1.82) is 0 Å². The van der Waals surface area contributed by atoms with Gasteiger partial charge in [-0.1, -0.05) is 23.7 Å². The van der Waals surface area contributed by atoms with Crippen LogP contribution in [0.4, 0.5) is 0 Å². The minimum atomic E-state index is 0. The highest BCUT2D eigenvalue weighted by Crippen LogP contribution is 2.13. The van der Waals surface area contributed by atoms with Crippen LogP contribution in [0.5, 0.6) is 0 Å². The Balaban J connectivity index is 0.00000288. The highest BCUT2D eigenvalue weighted by Gasteiger charge is 2.25. The Bertz CT molecular complexity index is 554. The molecule has 0 bridgehead atoms. The first-order valence-electron chi connectivity index (χ1n) is 7.61. The van der Waals surface area contributed by atoms with Crippen LogP contribution < -0.4 is 5.32 Å². The number of carbonyl (C=O) groups is 1. The summed E-state index contributed by atoms with van der Waals surface area (Å²) < 4.78 is 5.02. The SMILES string of the molecule is CN=C(NCCOC)N1CCN(Cc2ccc(Cl)cc2)C(=O)C1.I. The zero-order chi connectivity index (χ0) is 16.7. The third kappa shape index (κ3) is 6.10. The molecule has 1 aliphatic heterocycles. The maximum Gasteiger partial charge on any atom is 0.242 e. The molecule has 1 aromatic carbocycles. The summed E-state index contributed by atoms with van der Waals surface area (Å²) in [6.07, 6.45) is 0. The second kappa shape index (κ2) is 10.7. The van der Waals surface area contributed by atoms with E-state index >= 15 is 0 Å². The van der Waals surface area contributed by atoms with Gasteiger partial charge in [-0.15, -0.1) is 24.0 Å². The number of ether oxygens (including phenoxy) is 1. The predicted molar refractivity (Wildman–Crippen MR) is 107 cm³/mol. The normalized spacial score (nSPS) is 15.3. The fraction of sp³-hybridized carbons (Fsp3) is 0.500. The van der Waals surface area contributed by atoms with Gasteiger partial charge in [0.05, 0.1) is 13.2 Å². The van der Waals surface area contributed by atoms with E-state index in [0.717, 1.165) is 18.1 Å². The number of nitrogens with one attached hydrogen (secondary N) is 1. The number of hydrogen-bond acceptors (Lipinski definition) is 3. The molecule has 1 N–H and O–H groups in total. The molecule has 0 aliphatic carbocycles. The number of hydrogen-bond donors (Lipinski definition) is 1. The number of carbonyl (C=O) groups excluding carboxylic acids is 1. The summed E-state index contributed by atoms with van der Waals surface area (Å²) in [5.74, 6) is 0.836. The molecule has 1 fully saturated rings. The Labute approximate surface area is 165 Å². The average molecular weight is 467 g/mol. The summed E-state index contributed by atoms with van der Waals surface area (Å²) in [6.45, 7) is 3.64. The van der Waals surface area contributed by atoms with Crippen LogP contribution in [0.25, 0.3) is 0 Å². The van der Waals surface area contributed by atoms with Gasteiger partial charge in [-0.05, 0) is 17.7 Å². The van der Waals surface area contributed by atoms with Crippen LogP contribution in [0.15, 0.2) is 29.3 Å². The minimum Gasteiger partial charge on any atom is -0.383 e. The molecule has 0 radical (unpaired) electrons. The van der Waals surface area contributed by atoms with Gasteiger partial charge in [0.2, 0.25) is 5.91 Å². The number of rotatable bonds is 5. The topological polar surface area (TPSA) is 57.2 Å². The summed E-state index contributed by atoms with van der Waals surface area (Å²) >= 11 is 5.89. The third-order valence-corrected chi connectivity index (χ3v) is 3.96. The van der Waals surface area contributed by atoms with Crippen LogP contribution in [0.1, 0.15) is 5.56 Å². The lowest BCUT2D eigenvalue weighted by atomic mass is 10.2. The maximum atomic E-state index is 12.4. The number of piperazine rings is 1. The van der Waals surface area contributed by atoms with E-state index in [1.807, 2.05) is 34.1 Å². The van der Waals surface area contributed by atoms with Crippen molar-refractivity contribution >= 4 is 47.4 Å². The van der Waals surface area contributed by atoms with E-state index in [1.54, 1.807) is 14.2 Å². The second-order valence-electron chi connectivity index (χ2n) is 5.33.